The molecule has 5 nitrogen and oxygen atoms in total. The Balaban J connectivity index is 1.77. The van der Waals surface area contributed by atoms with Crippen molar-refractivity contribution in [2.24, 2.45) is 0 Å². The number of halogens is 1. The molecule has 0 fully saturated rings. The van der Waals surface area contributed by atoms with Gasteiger partial charge in [0.25, 0.3) is 0 Å². The van der Waals surface area contributed by atoms with Crippen LogP contribution in [0.15, 0.2) is 66.9 Å². The molecule has 0 aliphatic rings. The Morgan fingerprint density at radius 1 is 1.03 bits per heavy atom. The van der Waals surface area contributed by atoms with Gasteiger partial charge in [0, 0.05) is 33.2 Å². The quantitative estimate of drug-likeness (QED) is 0.312. The summed E-state index contributed by atoms with van der Waals surface area (Å²) in [6.07, 6.45) is 4.83. The molecule has 0 spiro atoms. The summed E-state index contributed by atoms with van der Waals surface area (Å²) in [4.78, 5) is 17.6. The molecule has 0 atom stereocenters. The molecule has 1 N–H and O–H groups in total. The first-order chi connectivity index (χ1) is 16.4. The van der Waals surface area contributed by atoms with Crippen LogP contribution >= 0.6 is 11.6 Å². The molecule has 1 aromatic heterocycles. The first kappa shape index (κ1) is 23.3. The first-order valence-corrected chi connectivity index (χ1v) is 11.2. The number of hydrogen-bond acceptors (Lipinski definition) is 4. The van der Waals surface area contributed by atoms with Crippen molar-refractivity contribution in [1.82, 2.24) is 4.98 Å². The fraction of sp³-hybridized carbons (Fsp3) is 0.143. The number of amides is 1. The van der Waals surface area contributed by atoms with Crippen LogP contribution in [0.4, 0.5) is 5.69 Å². The monoisotopic (exact) mass is 472 g/mol. The molecular formula is C28H25ClN2O3. The topological polar surface area (TPSA) is 60.5 Å². The number of benzene rings is 3. The third-order valence-electron chi connectivity index (χ3n) is 5.55. The molecule has 0 bridgehead atoms. The van der Waals surface area contributed by atoms with Crippen molar-refractivity contribution in [3.63, 3.8) is 0 Å². The molecule has 0 radical (unpaired) electrons. The number of pyridine rings is 1. The van der Waals surface area contributed by atoms with Crippen molar-refractivity contribution >= 4 is 40.2 Å². The van der Waals surface area contributed by atoms with E-state index in [0.717, 1.165) is 38.7 Å². The normalized spacial score (nSPS) is 11.1. The molecule has 4 rings (SSSR count). The maximum atomic E-state index is 12.9. The van der Waals surface area contributed by atoms with Gasteiger partial charge in [0.05, 0.1) is 31.6 Å². The summed E-state index contributed by atoms with van der Waals surface area (Å²) in [5, 5.41) is 4.52. The van der Waals surface area contributed by atoms with E-state index in [9.17, 15) is 4.79 Å². The molecule has 1 amide bonds. The Labute approximate surface area is 204 Å². The molecule has 6 heteroatoms. The number of aromatic nitrogens is 1. The third-order valence-corrected chi connectivity index (χ3v) is 5.88. The van der Waals surface area contributed by atoms with Crippen LogP contribution in [-0.4, -0.2) is 25.1 Å². The predicted octanol–water partition coefficient (Wildman–Crippen LogP) is 6.84. The van der Waals surface area contributed by atoms with Crippen molar-refractivity contribution < 1.29 is 14.3 Å². The van der Waals surface area contributed by atoms with E-state index in [-0.39, 0.29) is 5.91 Å². The van der Waals surface area contributed by atoms with Gasteiger partial charge < -0.3 is 14.8 Å². The van der Waals surface area contributed by atoms with Crippen molar-refractivity contribution in [3.05, 3.63) is 88.6 Å². The van der Waals surface area contributed by atoms with E-state index in [2.05, 4.69) is 22.4 Å². The smallest absolute Gasteiger partial charge is 0.248 e. The lowest BCUT2D eigenvalue weighted by Crippen LogP contribution is -2.10. The molecule has 0 aliphatic carbocycles. The maximum Gasteiger partial charge on any atom is 0.248 e. The predicted molar refractivity (Wildman–Crippen MR) is 139 cm³/mol. The lowest BCUT2D eigenvalue weighted by Gasteiger charge is -2.16. The van der Waals surface area contributed by atoms with Crippen LogP contribution in [0, 0.1) is 13.8 Å². The zero-order valence-electron chi connectivity index (χ0n) is 19.5. The number of nitrogens with one attached hydrogen (secondary N) is 1. The van der Waals surface area contributed by atoms with Gasteiger partial charge in [-0.15, -0.1) is 0 Å². The van der Waals surface area contributed by atoms with Gasteiger partial charge in [0.15, 0.2) is 11.5 Å². The van der Waals surface area contributed by atoms with E-state index in [1.807, 2.05) is 50.2 Å². The van der Waals surface area contributed by atoms with Crippen LogP contribution in [0.25, 0.3) is 28.1 Å². The summed E-state index contributed by atoms with van der Waals surface area (Å²) >= 11 is 6.58. The van der Waals surface area contributed by atoms with Crippen LogP contribution in [0.3, 0.4) is 0 Å². The molecule has 0 saturated carbocycles. The highest BCUT2D eigenvalue weighted by molar-refractivity contribution is 6.34. The lowest BCUT2D eigenvalue weighted by atomic mass is 9.96. The van der Waals surface area contributed by atoms with Gasteiger partial charge in [-0.2, -0.15) is 0 Å². The number of ether oxygens (including phenoxy) is 2. The summed E-state index contributed by atoms with van der Waals surface area (Å²) in [6.45, 7) is 4.07. The van der Waals surface area contributed by atoms with Gasteiger partial charge in [0.2, 0.25) is 5.91 Å². The number of rotatable bonds is 6. The van der Waals surface area contributed by atoms with Crippen LogP contribution in [0.5, 0.6) is 11.5 Å². The summed E-state index contributed by atoms with van der Waals surface area (Å²) in [7, 11) is 3.14. The second-order valence-electron chi connectivity index (χ2n) is 7.91. The standard InChI is InChI=1S/C28H25ClN2O3/c1-17-14-18(2)27-21(15-17)26(20-9-5-6-10-22(20)29)23(16-30-27)31-25(32)13-12-19-8-7-11-24(33-3)28(19)34-4/h5-16H,1-4H3,(H,31,32). The molecule has 34 heavy (non-hydrogen) atoms. The molecule has 0 unspecified atom stereocenters. The fourth-order valence-electron chi connectivity index (χ4n) is 4.09. The number of para-hydroxylation sites is 1. The number of aryl methyl sites for hydroxylation is 2. The lowest BCUT2D eigenvalue weighted by molar-refractivity contribution is -0.111. The molecule has 0 aliphatic heterocycles. The number of anilines is 1. The Kier molecular flexibility index (Phi) is 6.85. The zero-order valence-corrected chi connectivity index (χ0v) is 20.2. The van der Waals surface area contributed by atoms with Crippen molar-refractivity contribution in [2.45, 2.75) is 13.8 Å². The second kappa shape index (κ2) is 9.98. The summed E-state index contributed by atoms with van der Waals surface area (Å²) in [6, 6.07) is 17.3. The zero-order chi connectivity index (χ0) is 24.2. The highest BCUT2D eigenvalue weighted by atomic mass is 35.5. The number of hydrogen-bond donors (Lipinski definition) is 1. The Hall–Kier alpha value is -3.83. The number of methoxy groups -OCH3 is 2. The summed E-state index contributed by atoms with van der Waals surface area (Å²) in [5.74, 6) is 0.850. The van der Waals surface area contributed by atoms with Gasteiger partial charge in [-0.05, 0) is 43.7 Å². The minimum atomic E-state index is -0.302. The van der Waals surface area contributed by atoms with Crippen LogP contribution in [-0.2, 0) is 4.79 Å². The van der Waals surface area contributed by atoms with E-state index in [1.54, 1.807) is 32.6 Å². The van der Waals surface area contributed by atoms with Crippen LogP contribution in [0.2, 0.25) is 5.02 Å². The Morgan fingerprint density at radius 3 is 2.56 bits per heavy atom. The Bertz CT molecular complexity index is 1410. The average molecular weight is 473 g/mol. The van der Waals surface area contributed by atoms with E-state index in [4.69, 9.17) is 21.1 Å². The minimum Gasteiger partial charge on any atom is -0.493 e. The third kappa shape index (κ3) is 4.61. The highest BCUT2D eigenvalue weighted by Crippen LogP contribution is 2.39. The molecule has 1 heterocycles. The molecular weight excluding hydrogens is 448 g/mol. The molecule has 3 aromatic carbocycles. The van der Waals surface area contributed by atoms with Crippen molar-refractivity contribution in [3.8, 4) is 22.6 Å². The second-order valence-corrected chi connectivity index (χ2v) is 8.32. The van der Waals surface area contributed by atoms with Gasteiger partial charge in [-0.1, -0.05) is 53.6 Å². The van der Waals surface area contributed by atoms with Gasteiger partial charge in [-0.3, -0.25) is 9.78 Å². The largest absolute Gasteiger partial charge is 0.493 e. The Morgan fingerprint density at radius 2 is 1.82 bits per heavy atom. The fourth-order valence-corrected chi connectivity index (χ4v) is 4.32. The van der Waals surface area contributed by atoms with E-state index < -0.39 is 0 Å². The maximum absolute atomic E-state index is 12.9. The molecule has 4 aromatic rings. The van der Waals surface area contributed by atoms with Crippen LogP contribution in [0.1, 0.15) is 16.7 Å². The minimum absolute atomic E-state index is 0.302. The van der Waals surface area contributed by atoms with E-state index in [0.29, 0.717) is 22.2 Å². The van der Waals surface area contributed by atoms with Gasteiger partial charge >= 0.3 is 0 Å². The summed E-state index contributed by atoms with van der Waals surface area (Å²) < 4.78 is 10.8. The van der Waals surface area contributed by atoms with Crippen LogP contribution < -0.4 is 14.8 Å². The first-order valence-electron chi connectivity index (χ1n) is 10.8. The van der Waals surface area contributed by atoms with Gasteiger partial charge in [-0.25, -0.2) is 0 Å². The SMILES string of the molecule is COc1cccc(C=CC(=O)Nc2cnc3c(C)cc(C)cc3c2-c2ccccc2Cl)c1OC. The van der Waals surface area contributed by atoms with Crippen molar-refractivity contribution in [2.75, 3.05) is 19.5 Å². The number of carbonyl (C=O) groups is 1. The highest BCUT2D eigenvalue weighted by Gasteiger charge is 2.17. The van der Waals surface area contributed by atoms with E-state index in [1.165, 1.54) is 6.08 Å². The molecule has 0 saturated heterocycles. The number of carbonyl (C=O) groups excluding carboxylic acids is 1. The van der Waals surface area contributed by atoms with Gasteiger partial charge in [0.1, 0.15) is 0 Å². The van der Waals surface area contributed by atoms with Crippen molar-refractivity contribution in [1.29, 1.82) is 0 Å². The molecule has 172 valence electrons. The summed E-state index contributed by atoms with van der Waals surface area (Å²) in [5.41, 5.74) is 6.01. The number of nitrogens with zero attached hydrogens (tertiary/aromatic N) is 1. The number of fused-ring (bicyclic) bond motifs is 1. The average Bonchev–Trinajstić information content (AvgIpc) is 2.82. The van der Waals surface area contributed by atoms with E-state index >= 15 is 0 Å².